The second-order valence-electron chi connectivity index (χ2n) is 1.37. The molecule has 0 aliphatic heterocycles. The van der Waals surface area contributed by atoms with Gasteiger partial charge >= 0.3 is 0 Å². The summed E-state index contributed by atoms with van der Waals surface area (Å²) in [5, 5.41) is 9.98. The van der Waals surface area contributed by atoms with Gasteiger partial charge < -0.3 is 0 Å². The van der Waals surface area contributed by atoms with Gasteiger partial charge in [0.15, 0.2) is 11.5 Å². The van der Waals surface area contributed by atoms with Crippen molar-refractivity contribution in [2.75, 3.05) is 0 Å². The molecule has 0 rings (SSSR count). The van der Waals surface area contributed by atoms with Crippen molar-refractivity contribution in [3.8, 4) is 0 Å². The molecular weight excluding hydrogens is 92.1 g/mol. The average molecular weight is 99.1 g/mol. The number of ketones is 1. The van der Waals surface area contributed by atoms with Crippen molar-refractivity contribution in [2.24, 2.45) is 0 Å². The van der Waals surface area contributed by atoms with Crippen molar-refractivity contribution in [1.82, 2.24) is 0 Å². The van der Waals surface area contributed by atoms with E-state index < -0.39 is 0 Å². The molecule has 0 aromatic rings. The molecule has 0 saturated carbocycles. The zero-order chi connectivity index (χ0) is 5.86. The van der Waals surface area contributed by atoms with Gasteiger partial charge in [-0.05, 0) is 13.8 Å². The van der Waals surface area contributed by atoms with Gasteiger partial charge in [-0.2, -0.15) is 0 Å². The summed E-state index contributed by atoms with van der Waals surface area (Å²) in [4.78, 5) is 9.98. The van der Waals surface area contributed by atoms with Crippen LogP contribution in [0.4, 0.5) is 0 Å². The van der Waals surface area contributed by atoms with Crippen molar-refractivity contribution >= 4 is 5.78 Å². The van der Waals surface area contributed by atoms with Crippen LogP contribution in [0.5, 0.6) is 0 Å². The maximum Gasteiger partial charge on any atom is 0.156 e. The molecular formula is C5H7O2. The predicted molar refractivity (Wildman–Crippen MR) is 25.1 cm³/mol. The first-order valence-electron chi connectivity index (χ1n) is 1.99. The minimum Gasteiger partial charge on any atom is -0.295 e. The van der Waals surface area contributed by atoms with Crippen LogP contribution in [0.1, 0.15) is 13.8 Å². The lowest BCUT2D eigenvalue weighted by atomic mass is 10.4. The zero-order valence-corrected chi connectivity index (χ0v) is 4.39. The largest absolute Gasteiger partial charge is 0.295 e. The molecule has 0 amide bonds. The number of rotatable bonds is 1. The highest BCUT2D eigenvalue weighted by Gasteiger charge is 1.85. The van der Waals surface area contributed by atoms with Crippen molar-refractivity contribution in [1.29, 1.82) is 0 Å². The Hall–Kier alpha value is -0.790. The van der Waals surface area contributed by atoms with Crippen molar-refractivity contribution < 1.29 is 9.90 Å². The summed E-state index contributed by atoms with van der Waals surface area (Å²) >= 11 is 0. The molecule has 0 unspecified atom stereocenters. The fraction of sp³-hybridized carbons (Fsp3) is 0.400. The van der Waals surface area contributed by atoms with Gasteiger partial charge in [-0.25, -0.2) is 0 Å². The molecule has 0 aliphatic carbocycles. The Morgan fingerprint density at radius 2 is 1.86 bits per heavy atom. The SMILES string of the molecule is CC(=O)C=C(C)[O]. The van der Waals surface area contributed by atoms with E-state index in [2.05, 4.69) is 0 Å². The van der Waals surface area contributed by atoms with Gasteiger partial charge in [0.2, 0.25) is 0 Å². The fourth-order valence-corrected chi connectivity index (χ4v) is 0.286. The molecule has 0 atom stereocenters. The molecule has 0 fully saturated rings. The third-order valence-electron chi connectivity index (χ3n) is 0.407. The summed E-state index contributed by atoms with van der Waals surface area (Å²) in [6, 6.07) is 0. The van der Waals surface area contributed by atoms with Gasteiger partial charge in [-0.1, -0.05) is 0 Å². The second-order valence-corrected chi connectivity index (χ2v) is 1.37. The van der Waals surface area contributed by atoms with Gasteiger partial charge in [0, 0.05) is 6.08 Å². The molecule has 39 valence electrons. The zero-order valence-electron chi connectivity index (χ0n) is 4.39. The van der Waals surface area contributed by atoms with E-state index in [-0.39, 0.29) is 11.5 Å². The van der Waals surface area contributed by atoms with Crippen LogP contribution in [-0.2, 0) is 9.90 Å². The Balaban J connectivity index is 3.68. The van der Waals surface area contributed by atoms with Crippen molar-refractivity contribution in [3.63, 3.8) is 0 Å². The molecule has 2 nitrogen and oxygen atoms in total. The predicted octanol–water partition coefficient (Wildman–Crippen LogP) is 0.910. The fourth-order valence-electron chi connectivity index (χ4n) is 0.286. The molecule has 0 aromatic carbocycles. The molecule has 0 aromatic heterocycles. The number of hydrogen-bond donors (Lipinski definition) is 0. The monoisotopic (exact) mass is 99.0 g/mol. The number of carbonyl (C=O) groups excluding carboxylic acids is 1. The number of hydrogen-bond acceptors (Lipinski definition) is 1. The minimum atomic E-state index is -0.187. The van der Waals surface area contributed by atoms with Crippen LogP contribution < -0.4 is 0 Å². The maximum atomic E-state index is 9.98. The number of carbonyl (C=O) groups is 1. The van der Waals surface area contributed by atoms with E-state index >= 15 is 0 Å². The highest BCUT2D eigenvalue weighted by atomic mass is 16.3. The summed E-state index contributed by atoms with van der Waals surface area (Å²) in [5.41, 5.74) is 0. The van der Waals surface area contributed by atoms with E-state index in [1.807, 2.05) is 0 Å². The van der Waals surface area contributed by atoms with Gasteiger partial charge in [-0.3, -0.25) is 9.90 Å². The first-order chi connectivity index (χ1) is 3.13. The summed E-state index contributed by atoms with van der Waals surface area (Å²) in [6.45, 7) is 2.70. The number of allylic oxidation sites excluding steroid dienone is 2. The van der Waals surface area contributed by atoms with Gasteiger partial charge in [0.1, 0.15) is 0 Å². The van der Waals surface area contributed by atoms with Crippen molar-refractivity contribution in [2.45, 2.75) is 13.8 Å². The first kappa shape index (κ1) is 6.21. The first-order valence-corrected chi connectivity index (χ1v) is 1.99. The molecule has 7 heavy (non-hydrogen) atoms. The third kappa shape index (κ3) is 5.21. The Bertz CT molecular complexity index is 98.6. The molecule has 0 heterocycles. The lowest BCUT2D eigenvalue weighted by molar-refractivity contribution is -0.112. The average Bonchev–Trinajstić information content (AvgIpc) is 1.27. The van der Waals surface area contributed by atoms with Crippen LogP contribution in [0.15, 0.2) is 11.8 Å². The van der Waals surface area contributed by atoms with Crippen LogP contribution in [0, 0.1) is 0 Å². The van der Waals surface area contributed by atoms with Crippen molar-refractivity contribution in [3.05, 3.63) is 11.8 Å². The van der Waals surface area contributed by atoms with Crippen LogP contribution in [-0.4, -0.2) is 5.78 Å². The quantitative estimate of drug-likeness (QED) is 0.355. The van der Waals surface area contributed by atoms with E-state index in [1.165, 1.54) is 13.8 Å². The lowest BCUT2D eigenvalue weighted by Gasteiger charge is -1.75. The summed E-state index contributed by atoms with van der Waals surface area (Å²) in [7, 11) is 0. The lowest BCUT2D eigenvalue weighted by Crippen LogP contribution is -1.81. The Morgan fingerprint density at radius 1 is 1.43 bits per heavy atom. The van der Waals surface area contributed by atoms with E-state index in [1.54, 1.807) is 0 Å². The third-order valence-corrected chi connectivity index (χ3v) is 0.407. The van der Waals surface area contributed by atoms with E-state index in [9.17, 15) is 9.90 Å². The molecule has 1 radical (unpaired) electrons. The molecule has 0 saturated heterocycles. The standard InChI is InChI=1S/C5H7O2/c1-4(6)3-5(2)7/h3H,1-2H3. The van der Waals surface area contributed by atoms with E-state index in [4.69, 9.17) is 0 Å². The second kappa shape index (κ2) is 2.39. The molecule has 0 spiro atoms. The Kier molecular flexibility index (Phi) is 2.12. The van der Waals surface area contributed by atoms with Gasteiger partial charge in [0.25, 0.3) is 0 Å². The molecule has 0 aliphatic rings. The van der Waals surface area contributed by atoms with E-state index in [0.29, 0.717) is 0 Å². The Morgan fingerprint density at radius 3 is 1.86 bits per heavy atom. The Labute approximate surface area is 42.5 Å². The highest BCUT2D eigenvalue weighted by molar-refractivity contribution is 5.87. The smallest absolute Gasteiger partial charge is 0.156 e. The minimum absolute atomic E-state index is 0.187. The van der Waals surface area contributed by atoms with Crippen LogP contribution in [0.2, 0.25) is 0 Å². The normalized spacial score (nSPS) is 11.4. The van der Waals surface area contributed by atoms with Gasteiger partial charge in [0.05, 0.1) is 0 Å². The molecule has 0 N–H and O–H groups in total. The summed E-state index contributed by atoms with van der Waals surface area (Å²) < 4.78 is 0. The maximum absolute atomic E-state index is 9.98. The van der Waals surface area contributed by atoms with Crippen LogP contribution in [0.25, 0.3) is 0 Å². The van der Waals surface area contributed by atoms with Crippen LogP contribution >= 0.6 is 0 Å². The molecule has 0 bridgehead atoms. The highest BCUT2D eigenvalue weighted by Crippen LogP contribution is 1.83. The summed E-state index contributed by atoms with van der Waals surface area (Å²) in [6.07, 6.45) is 1.06. The van der Waals surface area contributed by atoms with Gasteiger partial charge in [-0.15, -0.1) is 0 Å². The topological polar surface area (TPSA) is 37.0 Å². The molecule has 2 heteroatoms. The van der Waals surface area contributed by atoms with E-state index in [0.717, 1.165) is 6.08 Å². The summed E-state index contributed by atoms with van der Waals surface area (Å²) in [5.74, 6) is -0.375. The van der Waals surface area contributed by atoms with Crippen LogP contribution in [0.3, 0.4) is 0 Å².